The first kappa shape index (κ1) is 18.3. The molecule has 1 aliphatic heterocycles. The Kier molecular flexibility index (Phi) is 5.36. The molecule has 1 amide bonds. The minimum Gasteiger partial charge on any atom is -0.378 e. The van der Waals surface area contributed by atoms with Crippen LogP contribution in [0.1, 0.15) is 30.0 Å². The Bertz CT molecular complexity index is 828. The zero-order chi connectivity index (χ0) is 18.8. The molecular formula is C19H25N5O2S. The fraction of sp³-hybridized carbons (Fsp3) is 0.526. The zero-order valence-electron chi connectivity index (χ0n) is 15.8. The Morgan fingerprint density at radius 2 is 2.04 bits per heavy atom. The number of ether oxygens (including phenoxy) is 1. The van der Waals surface area contributed by atoms with E-state index in [2.05, 4.69) is 25.0 Å². The van der Waals surface area contributed by atoms with Crippen molar-refractivity contribution < 1.29 is 9.53 Å². The standard InChI is InChI=1S/C19H25N5O2S/c1-13-3-4-14(2)16(11-13)20-17(25)12-27-19-22-21-18(24(19)15-5-6-15)23-7-9-26-10-8-23/h3-4,11,15H,5-10,12H2,1-2H3,(H,20,25). The minimum atomic E-state index is -0.0213. The van der Waals surface area contributed by atoms with Crippen molar-refractivity contribution in [3.05, 3.63) is 29.3 Å². The lowest BCUT2D eigenvalue weighted by molar-refractivity contribution is -0.113. The van der Waals surface area contributed by atoms with Crippen molar-refractivity contribution in [2.45, 2.75) is 37.9 Å². The lowest BCUT2D eigenvalue weighted by Gasteiger charge is -2.27. The maximum atomic E-state index is 12.4. The number of morpholine rings is 1. The van der Waals surface area contributed by atoms with Gasteiger partial charge < -0.3 is 15.0 Å². The molecule has 0 radical (unpaired) electrons. The van der Waals surface area contributed by atoms with Crippen LogP contribution in [0.4, 0.5) is 11.6 Å². The van der Waals surface area contributed by atoms with Crippen molar-refractivity contribution in [3.63, 3.8) is 0 Å². The second-order valence-corrected chi connectivity index (χ2v) is 8.08. The molecule has 1 N–H and O–H groups in total. The lowest BCUT2D eigenvalue weighted by Crippen LogP contribution is -2.38. The summed E-state index contributed by atoms with van der Waals surface area (Å²) in [5.41, 5.74) is 3.07. The van der Waals surface area contributed by atoms with Gasteiger partial charge in [-0.05, 0) is 43.9 Å². The molecule has 2 fully saturated rings. The number of aryl methyl sites for hydroxylation is 2. The van der Waals surface area contributed by atoms with Gasteiger partial charge in [-0.15, -0.1) is 10.2 Å². The molecule has 1 aliphatic carbocycles. The highest BCUT2D eigenvalue weighted by molar-refractivity contribution is 7.99. The van der Waals surface area contributed by atoms with Crippen molar-refractivity contribution in [1.29, 1.82) is 0 Å². The van der Waals surface area contributed by atoms with Crippen LogP contribution in [0.15, 0.2) is 23.4 Å². The van der Waals surface area contributed by atoms with Crippen LogP contribution in [-0.4, -0.2) is 52.7 Å². The normalized spacial score (nSPS) is 17.2. The van der Waals surface area contributed by atoms with E-state index in [1.807, 2.05) is 32.0 Å². The number of nitrogens with zero attached hydrogens (tertiary/aromatic N) is 4. The summed E-state index contributed by atoms with van der Waals surface area (Å²) in [4.78, 5) is 14.7. The fourth-order valence-corrected chi connectivity index (χ4v) is 3.99. The van der Waals surface area contributed by atoms with E-state index in [0.717, 1.165) is 67.1 Å². The van der Waals surface area contributed by atoms with Crippen molar-refractivity contribution in [2.24, 2.45) is 0 Å². The molecule has 1 saturated heterocycles. The molecule has 1 aromatic carbocycles. The smallest absolute Gasteiger partial charge is 0.234 e. The average Bonchev–Trinajstić information content (AvgIpc) is 3.43. The summed E-state index contributed by atoms with van der Waals surface area (Å²) in [5, 5.41) is 12.6. The number of rotatable bonds is 6. The van der Waals surface area contributed by atoms with Crippen LogP contribution in [0.3, 0.4) is 0 Å². The van der Waals surface area contributed by atoms with Gasteiger partial charge in [0.2, 0.25) is 11.9 Å². The van der Waals surface area contributed by atoms with Crippen LogP contribution >= 0.6 is 11.8 Å². The average molecular weight is 388 g/mol. The molecule has 0 unspecified atom stereocenters. The van der Waals surface area contributed by atoms with Crippen LogP contribution in [0.25, 0.3) is 0 Å². The van der Waals surface area contributed by atoms with Crippen molar-refractivity contribution in [1.82, 2.24) is 14.8 Å². The van der Waals surface area contributed by atoms with Crippen molar-refractivity contribution >= 4 is 29.3 Å². The van der Waals surface area contributed by atoms with Gasteiger partial charge in [0.05, 0.1) is 19.0 Å². The quantitative estimate of drug-likeness (QED) is 0.769. The first-order valence-electron chi connectivity index (χ1n) is 9.39. The highest BCUT2D eigenvalue weighted by Crippen LogP contribution is 2.41. The molecule has 0 atom stereocenters. The largest absolute Gasteiger partial charge is 0.378 e. The topological polar surface area (TPSA) is 72.3 Å². The summed E-state index contributed by atoms with van der Waals surface area (Å²) >= 11 is 1.46. The molecule has 0 bridgehead atoms. The third-order valence-electron chi connectivity index (χ3n) is 4.85. The Labute approximate surface area is 163 Å². The van der Waals surface area contributed by atoms with E-state index in [0.29, 0.717) is 11.8 Å². The molecule has 1 saturated carbocycles. The number of amides is 1. The predicted octanol–water partition coefficient (Wildman–Crippen LogP) is 2.80. The van der Waals surface area contributed by atoms with E-state index in [-0.39, 0.29) is 5.91 Å². The Morgan fingerprint density at radius 3 is 2.78 bits per heavy atom. The second kappa shape index (κ2) is 7.90. The van der Waals surface area contributed by atoms with Crippen LogP contribution in [0.2, 0.25) is 0 Å². The third kappa shape index (κ3) is 4.27. The van der Waals surface area contributed by atoms with Crippen LogP contribution in [-0.2, 0) is 9.53 Å². The molecule has 27 heavy (non-hydrogen) atoms. The summed E-state index contributed by atoms with van der Waals surface area (Å²) in [6.07, 6.45) is 2.30. The number of hydrogen-bond donors (Lipinski definition) is 1. The monoisotopic (exact) mass is 387 g/mol. The third-order valence-corrected chi connectivity index (χ3v) is 5.80. The molecule has 7 nitrogen and oxygen atoms in total. The van der Waals surface area contributed by atoms with Gasteiger partial charge in [-0.1, -0.05) is 23.9 Å². The van der Waals surface area contributed by atoms with Crippen LogP contribution in [0.5, 0.6) is 0 Å². The minimum absolute atomic E-state index is 0.0213. The highest BCUT2D eigenvalue weighted by atomic mass is 32.2. The van der Waals surface area contributed by atoms with Gasteiger partial charge in [0.1, 0.15) is 0 Å². The van der Waals surface area contributed by atoms with Crippen LogP contribution in [0, 0.1) is 13.8 Å². The van der Waals surface area contributed by atoms with E-state index in [4.69, 9.17) is 4.74 Å². The van der Waals surface area contributed by atoms with E-state index in [1.165, 1.54) is 11.8 Å². The molecule has 1 aromatic heterocycles. The first-order valence-corrected chi connectivity index (χ1v) is 10.4. The second-order valence-electron chi connectivity index (χ2n) is 7.14. The number of nitrogens with one attached hydrogen (secondary N) is 1. The van der Waals surface area contributed by atoms with E-state index < -0.39 is 0 Å². The van der Waals surface area contributed by atoms with E-state index >= 15 is 0 Å². The zero-order valence-corrected chi connectivity index (χ0v) is 16.6. The lowest BCUT2D eigenvalue weighted by atomic mass is 10.1. The van der Waals surface area contributed by atoms with E-state index in [9.17, 15) is 4.79 Å². The Balaban J connectivity index is 1.42. The van der Waals surface area contributed by atoms with Gasteiger partial charge in [-0.25, -0.2) is 0 Å². The summed E-state index contributed by atoms with van der Waals surface area (Å²) in [6.45, 7) is 7.14. The van der Waals surface area contributed by atoms with Crippen molar-refractivity contribution in [2.75, 3.05) is 42.3 Å². The number of anilines is 2. The van der Waals surface area contributed by atoms with Crippen LogP contribution < -0.4 is 10.2 Å². The maximum absolute atomic E-state index is 12.4. The molecule has 2 aromatic rings. The number of aromatic nitrogens is 3. The van der Waals surface area contributed by atoms with Gasteiger partial charge in [0, 0.05) is 24.8 Å². The van der Waals surface area contributed by atoms with Crippen molar-refractivity contribution in [3.8, 4) is 0 Å². The summed E-state index contributed by atoms with van der Waals surface area (Å²) < 4.78 is 7.65. The van der Waals surface area contributed by atoms with Gasteiger partial charge in [-0.3, -0.25) is 9.36 Å². The van der Waals surface area contributed by atoms with E-state index in [1.54, 1.807) is 0 Å². The first-order chi connectivity index (χ1) is 13.1. The molecule has 4 rings (SSSR count). The number of carbonyl (C=O) groups is 1. The molecule has 0 spiro atoms. The summed E-state index contributed by atoms with van der Waals surface area (Å²) in [6, 6.07) is 6.53. The Hall–Kier alpha value is -2.06. The van der Waals surface area contributed by atoms with Gasteiger partial charge in [-0.2, -0.15) is 0 Å². The van der Waals surface area contributed by atoms with Gasteiger partial charge >= 0.3 is 0 Å². The number of benzene rings is 1. The van der Waals surface area contributed by atoms with Gasteiger partial charge in [0.25, 0.3) is 0 Å². The highest BCUT2D eigenvalue weighted by Gasteiger charge is 2.32. The fourth-order valence-electron chi connectivity index (χ4n) is 3.19. The molecular weight excluding hydrogens is 362 g/mol. The molecule has 2 aliphatic rings. The number of hydrogen-bond acceptors (Lipinski definition) is 6. The summed E-state index contributed by atoms with van der Waals surface area (Å²) in [7, 11) is 0. The maximum Gasteiger partial charge on any atom is 0.234 e. The number of thioether (sulfide) groups is 1. The Morgan fingerprint density at radius 1 is 1.26 bits per heavy atom. The molecule has 144 valence electrons. The molecule has 8 heteroatoms. The van der Waals surface area contributed by atoms with Gasteiger partial charge in [0.15, 0.2) is 5.16 Å². The SMILES string of the molecule is Cc1ccc(C)c(NC(=O)CSc2nnc(N3CCOCC3)n2C2CC2)c1. The predicted molar refractivity (Wildman–Crippen MR) is 107 cm³/mol. The number of carbonyl (C=O) groups excluding carboxylic acids is 1. The summed E-state index contributed by atoms with van der Waals surface area (Å²) in [5.74, 6) is 1.21. The molecule has 2 heterocycles.